The molecule has 0 aliphatic carbocycles. The van der Waals surface area contributed by atoms with Gasteiger partial charge in [0.25, 0.3) is 5.91 Å². The monoisotopic (exact) mass is 317 g/mol. The molecule has 1 unspecified atom stereocenters. The van der Waals surface area contributed by atoms with Gasteiger partial charge in [-0.2, -0.15) is 5.10 Å². The summed E-state index contributed by atoms with van der Waals surface area (Å²) in [6.45, 7) is 4.16. The molecule has 9 nitrogen and oxygen atoms in total. The average molecular weight is 317 g/mol. The molecule has 0 saturated carbocycles. The van der Waals surface area contributed by atoms with Crippen LogP contribution in [0.1, 0.15) is 31.3 Å². The van der Waals surface area contributed by atoms with Crippen LogP contribution in [0.3, 0.4) is 0 Å². The van der Waals surface area contributed by atoms with E-state index in [9.17, 15) is 9.59 Å². The summed E-state index contributed by atoms with van der Waals surface area (Å²) in [5.41, 5.74) is 1.35. The Morgan fingerprint density at radius 3 is 2.70 bits per heavy atom. The summed E-state index contributed by atoms with van der Waals surface area (Å²) >= 11 is 0. The lowest BCUT2D eigenvalue weighted by molar-refractivity contribution is -0.127. The van der Waals surface area contributed by atoms with Crippen molar-refractivity contribution in [2.75, 3.05) is 0 Å². The number of rotatable bonds is 5. The Kier molecular flexibility index (Phi) is 3.85. The van der Waals surface area contributed by atoms with Gasteiger partial charge >= 0.3 is 6.03 Å². The van der Waals surface area contributed by atoms with Crippen molar-refractivity contribution in [2.45, 2.75) is 38.9 Å². The number of carbonyl (C=O) groups is 2. The average Bonchev–Trinajstić information content (AvgIpc) is 3.17. The Bertz CT molecular complexity index is 733. The predicted octanol–water partition coefficient (Wildman–Crippen LogP) is 0.256. The van der Waals surface area contributed by atoms with E-state index >= 15 is 0 Å². The van der Waals surface area contributed by atoms with Crippen molar-refractivity contribution >= 4 is 11.9 Å². The molecule has 1 N–H and O–H groups in total. The van der Waals surface area contributed by atoms with Gasteiger partial charge in [0.1, 0.15) is 6.04 Å². The molecule has 1 saturated heterocycles. The molecule has 122 valence electrons. The van der Waals surface area contributed by atoms with Gasteiger partial charge in [-0.05, 0) is 19.9 Å². The van der Waals surface area contributed by atoms with Crippen LogP contribution in [0.25, 0.3) is 0 Å². The Morgan fingerprint density at radius 2 is 2.09 bits per heavy atom. The second-order valence-corrected chi connectivity index (χ2v) is 5.89. The minimum atomic E-state index is -0.608. The van der Waals surface area contributed by atoms with Gasteiger partial charge in [0, 0.05) is 31.9 Å². The Balaban J connectivity index is 1.67. The molecule has 1 aliphatic rings. The second-order valence-electron chi connectivity index (χ2n) is 5.89. The molecule has 9 heteroatoms. The van der Waals surface area contributed by atoms with Crippen LogP contribution in [0.15, 0.2) is 18.5 Å². The lowest BCUT2D eigenvalue weighted by atomic mass is 10.1. The van der Waals surface area contributed by atoms with Crippen molar-refractivity contribution in [3.8, 4) is 0 Å². The first-order valence-corrected chi connectivity index (χ1v) is 7.45. The van der Waals surface area contributed by atoms with Crippen LogP contribution in [0.2, 0.25) is 0 Å². The molecule has 0 aromatic carbocycles. The van der Waals surface area contributed by atoms with Crippen molar-refractivity contribution < 1.29 is 9.59 Å². The van der Waals surface area contributed by atoms with E-state index in [-0.39, 0.29) is 18.5 Å². The number of hydrogen-bond donors (Lipinski definition) is 1. The highest BCUT2D eigenvalue weighted by Crippen LogP contribution is 2.14. The Labute approximate surface area is 133 Å². The van der Waals surface area contributed by atoms with E-state index in [1.165, 1.54) is 4.90 Å². The number of amides is 3. The van der Waals surface area contributed by atoms with Crippen molar-refractivity contribution in [3.63, 3.8) is 0 Å². The highest BCUT2D eigenvalue weighted by Gasteiger charge is 2.38. The van der Waals surface area contributed by atoms with Gasteiger partial charge in [-0.15, -0.1) is 5.10 Å². The molecular weight excluding hydrogens is 298 g/mol. The summed E-state index contributed by atoms with van der Waals surface area (Å²) < 4.78 is 3.36. The maximum Gasteiger partial charge on any atom is 0.325 e. The van der Waals surface area contributed by atoms with Crippen LogP contribution < -0.4 is 5.32 Å². The van der Waals surface area contributed by atoms with Gasteiger partial charge in [-0.3, -0.25) is 14.4 Å². The number of aryl methyl sites for hydroxylation is 1. The summed E-state index contributed by atoms with van der Waals surface area (Å²) in [7, 11) is 1.79. The highest BCUT2D eigenvalue weighted by atomic mass is 16.2. The number of nitrogens with zero attached hydrogens (tertiary/aromatic N) is 6. The van der Waals surface area contributed by atoms with Crippen molar-refractivity contribution in [1.82, 2.24) is 35.0 Å². The fraction of sp³-hybridized carbons (Fsp3) is 0.500. The predicted molar refractivity (Wildman–Crippen MR) is 80.2 cm³/mol. The van der Waals surface area contributed by atoms with E-state index in [0.29, 0.717) is 17.8 Å². The molecule has 0 spiro atoms. The third-order valence-corrected chi connectivity index (χ3v) is 3.70. The SMILES string of the molecule is CC(C)n1cc(CC2NC(=O)N(Cc3ccn(C)n3)C2=O)nn1. The van der Waals surface area contributed by atoms with Gasteiger partial charge in [0.05, 0.1) is 17.9 Å². The molecule has 3 heterocycles. The largest absolute Gasteiger partial charge is 0.325 e. The molecule has 1 atom stereocenters. The molecular formula is C14H19N7O2. The first-order chi connectivity index (χ1) is 10.9. The number of aromatic nitrogens is 5. The zero-order valence-electron chi connectivity index (χ0n) is 13.3. The summed E-state index contributed by atoms with van der Waals surface area (Å²) in [6.07, 6.45) is 3.90. The van der Waals surface area contributed by atoms with E-state index < -0.39 is 12.1 Å². The highest BCUT2D eigenvalue weighted by molar-refractivity contribution is 6.04. The maximum absolute atomic E-state index is 12.4. The first kappa shape index (κ1) is 15.2. The molecule has 2 aromatic heterocycles. The van der Waals surface area contributed by atoms with Crippen molar-refractivity contribution in [3.05, 3.63) is 29.8 Å². The zero-order chi connectivity index (χ0) is 16.6. The number of hydrogen-bond acceptors (Lipinski definition) is 5. The van der Waals surface area contributed by atoms with E-state index in [0.717, 1.165) is 0 Å². The normalized spacial score (nSPS) is 18.1. The van der Waals surface area contributed by atoms with Crippen LogP contribution in [0.4, 0.5) is 4.79 Å². The zero-order valence-corrected chi connectivity index (χ0v) is 13.3. The number of nitrogens with one attached hydrogen (secondary N) is 1. The van der Waals surface area contributed by atoms with Crippen LogP contribution >= 0.6 is 0 Å². The number of carbonyl (C=O) groups excluding carboxylic acids is 2. The van der Waals surface area contributed by atoms with Gasteiger partial charge in [-0.1, -0.05) is 5.21 Å². The van der Waals surface area contributed by atoms with E-state index in [4.69, 9.17) is 0 Å². The smallest absolute Gasteiger partial charge is 0.325 e. The third kappa shape index (κ3) is 3.08. The molecule has 3 amide bonds. The Morgan fingerprint density at radius 1 is 1.30 bits per heavy atom. The minimum absolute atomic E-state index is 0.167. The van der Waals surface area contributed by atoms with Gasteiger partial charge in [0.2, 0.25) is 0 Å². The molecule has 2 aromatic rings. The second kappa shape index (κ2) is 5.82. The van der Waals surface area contributed by atoms with Crippen LogP contribution in [0.5, 0.6) is 0 Å². The standard InChI is InChI=1S/C14H19N7O2/c1-9(2)21-8-11(16-18-21)6-12-13(22)20(14(23)15-12)7-10-4-5-19(3)17-10/h4-5,8-9,12H,6-7H2,1-3H3,(H,15,23). The van der Waals surface area contributed by atoms with Gasteiger partial charge < -0.3 is 5.32 Å². The van der Waals surface area contributed by atoms with Crippen LogP contribution in [-0.2, 0) is 24.8 Å². The first-order valence-electron chi connectivity index (χ1n) is 7.45. The molecule has 23 heavy (non-hydrogen) atoms. The third-order valence-electron chi connectivity index (χ3n) is 3.70. The number of imide groups is 1. The molecule has 0 radical (unpaired) electrons. The summed E-state index contributed by atoms with van der Waals surface area (Å²) in [4.78, 5) is 25.6. The summed E-state index contributed by atoms with van der Waals surface area (Å²) in [5, 5.41) is 14.9. The molecule has 0 bridgehead atoms. The maximum atomic E-state index is 12.4. The minimum Gasteiger partial charge on any atom is -0.325 e. The van der Waals surface area contributed by atoms with E-state index in [1.54, 1.807) is 34.9 Å². The molecule has 1 fully saturated rings. The summed E-state index contributed by atoms with van der Waals surface area (Å²) in [5.74, 6) is -0.264. The number of urea groups is 1. The fourth-order valence-corrected chi connectivity index (χ4v) is 2.44. The fourth-order valence-electron chi connectivity index (χ4n) is 2.44. The lowest BCUT2D eigenvalue weighted by Gasteiger charge is -2.10. The van der Waals surface area contributed by atoms with Gasteiger partial charge in [0.15, 0.2) is 0 Å². The molecule has 3 rings (SSSR count). The van der Waals surface area contributed by atoms with E-state index in [1.807, 2.05) is 13.8 Å². The van der Waals surface area contributed by atoms with Crippen LogP contribution in [-0.4, -0.2) is 47.7 Å². The van der Waals surface area contributed by atoms with E-state index in [2.05, 4.69) is 20.7 Å². The van der Waals surface area contributed by atoms with Crippen LogP contribution in [0, 0.1) is 0 Å². The molecule has 1 aliphatic heterocycles. The Hall–Kier alpha value is -2.71. The summed E-state index contributed by atoms with van der Waals surface area (Å²) in [6, 6.07) is 0.971. The van der Waals surface area contributed by atoms with Crippen molar-refractivity contribution in [2.24, 2.45) is 7.05 Å². The lowest BCUT2D eigenvalue weighted by Crippen LogP contribution is -2.32. The van der Waals surface area contributed by atoms with Crippen molar-refractivity contribution in [1.29, 1.82) is 0 Å². The topological polar surface area (TPSA) is 97.9 Å². The quantitative estimate of drug-likeness (QED) is 0.798. The van der Waals surface area contributed by atoms with Gasteiger partial charge in [-0.25, -0.2) is 9.48 Å².